The largest absolute Gasteiger partial charge is 0.0988 e. The van der Waals surface area contributed by atoms with E-state index in [0.29, 0.717) is 0 Å². The summed E-state index contributed by atoms with van der Waals surface area (Å²) in [5, 5.41) is 0. The number of allylic oxidation sites excluding steroid dienone is 5. The standard InChI is InChI=1S/C17H16/c1-4-13-9-8-12-17(15(13)6-3)16-11-7-10-14(16)5-2/h4-9,11-12H,1-3,10H2. The van der Waals surface area contributed by atoms with Crippen molar-refractivity contribution in [3.05, 3.63) is 78.4 Å². The maximum absolute atomic E-state index is 3.90. The highest BCUT2D eigenvalue weighted by molar-refractivity contribution is 5.87. The Labute approximate surface area is 103 Å². The van der Waals surface area contributed by atoms with E-state index in [1.165, 1.54) is 16.7 Å². The van der Waals surface area contributed by atoms with E-state index in [-0.39, 0.29) is 0 Å². The van der Waals surface area contributed by atoms with Crippen LogP contribution in [0.3, 0.4) is 0 Å². The van der Waals surface area contributed by atoms with Gasteiger partial charge in [-0.15, -0.1) is 0 Å². The van der Waals surface area contributed by atoms with Crippen molar-refractivity contribution in [1.82, 2.24) is 0 Å². The van der Waals surface area contributed by atoms with Gasteiger partial charge in [0.1, 0.15) is 0 Å². The molecular weight excluding hydrogens is 204 g/mol. The summed E-state index contributed by atoms with van der Waals surface area (Å²) in [6.45, 7) is 11.6. The summed E-state index contributed by atoms with van der Waals surface area (Å²) in [4.78, 5) is 0. The lowest BCUT2D eigenvalue weighted by atomic mass is 9.93. The first-order valence-electron chi connectivity index (χ1n) is 5.72. The second-order valence-electron chi connectivity index (χ2n) is 3.97. The zero-order valence-electron chi connectivity index (χ0n) is 9.95. The minimum atomic E-state index is 0.966. The molecular formula is C17H16. The molecule has 0 spiro atoms. The third kappa shape index (κ3) is 1.94. The molecule has 0 atom stereocenters. The number of hydrogen-bond donors (Lipinski definition) is 0. The highest BCUT2D eigenvalue weighted by atomic mass is 14.2. The van der Waals surface area contributed by atoms with Gasteiger partial charge in [-0.25, -0.2) is 0 Å². The van der Waals surface area contributed by atoms with E-state index in [4.69, 9.17) is 0 Å². The average Bonchev–Trinajstić information content (AvgIpc) is 2.85. The highest BCUT2D eigenvalue weighted by Gasteiger charge is 2.12. The van der Waals surface area contributed by atoms with Gasteiger partial charge in [-0.2, -0.15) is 0 Å². The maximum Gasteiger partial charge on any atom is -0.00882 e. The fourth-order valence-electron chi connectivity index (χ4n) is 2.20. The Morgan fingerprint density at radius 1 is 1.00 bits per heavy atom. The van der Waals surface area contributed by atoms with E-state index in [0.717, 1.165) is 17.5 Å². The average molecular weight is 220 g/mol. The van der Waals surface area contributed by atoms with Crippen LogP contribution in [0.5, 0.6) is 0 Å². The molecule has 0 heterocycles. The molecule has 0 nitrogen and oxygen atoms in total. The molecule has 0 heteroatoms. The molecule has 1 aliphatic rings. The molecule has 0 saturated carbocycles. The summed E-state index contributed by atoms with van der Waals surface area (Å²) < 4.78 is 0. The van der Waals surface area contributed by atoms with Crippen molar-refractivity contribution >= 4 is 17.7 Å². The molecule has 0 unspecified atom stereocenters. The molecule has 1 aromatic rings. The van der Waals surface area contributed by atoms with Crippen molar-refractivity contribution in [2.75, 3.05) is 0 Å². The minimum absolute atomic E-state index is 0.966. The molecule has 0 aliphatic heterocycles. The molecule has 0 radical (unpaired) electrons. The van der Waals surface area contributed by atoms with Gasteiger partial charge in [0.15, 0.2) is 0 Å². The van der Waals surface area contributed by atoms with Crippen molar-refractivity contribution < 1.29 is 0 Å². The van der Waals surface area contributed by atoms with Crippen LogP contribution in [0.1, 0.15) is 23.1 Å². The van der Waals surface area contributed by atoms with Crippen LogP contribution in [-0.4, -0.2) is 0 Å². The lowest BCUT2D eigenvalue weighted by Crippen LogP contribution is -1.91. The lowest BCUT2D eigenvalue weighted by Gasteiger charge is -2.11. The van der Waals surface area contributed by atoms with Crippen LogP contribution in [-0.2, 0) is 0 Å². The summed E-state index contributed by atoms with van der Waals surface area (Å²) >= 11 is 0. The number of rotatable bonds is 4. The molecule has 0 N–H and O–H groups in total. The second kappa shape index (κ2) is 4.84. The molecule has 84 valence electrons. The van der Waals surface area contributed by atoms with E-state index in [1.54, 1.807) is 0 Å². The van der Waals surface area contributed by atoms with Gasteiger partial charge in [0.25, 0.3) is 0 Å². The molecule has 17 heavy (non-hydrogen) atoms. The summed E-state index contributed by atoms with van der Waals surface area (Å²) in [7, 11) is 0. The molecule has 1 aromatic carbocycles. The predicted octanol–water partition coefficient (Wildman–Crippen LogP) is 4.87. The zero-order chi connectivity index (χ0) is 12.3. The van der Waals surface area contributed by atoms with Crippen LogP contribution in [0.15, 0.2) is 61.7 Å². The van der Waals surface area contributed by atoms with Crippen molar-refractivity contribution in [3.8, 4) is 0 Å². The van der Waals surface area contributed by atoms with Gasteiger partial charge in [0.05, 0.1) is 0 Å². The van der Waals surface area contributed by atoms with Gasteiger partial charge in [-0.3, -0.25) is 0 Å². The Morgan fingerprint density at radius 3 is 2.47 bits per heavy atom. The Morgan fingerprint density at radius 2 is 1.82 bits per heavy atom. The van der Waals surface area contributed by atoms with Gasteiger partial charge < -0.3 is 0 Å². The Bertz CT molecular complexity index is 539. The normalized spacial score (nSPS) is 13.9. The van der Waals surface area contributed by atoms with E-state index in [1.807, 2.05) is 18.2 Å². The fraction of sp³-hybridized carbons (Fsp3) is 0.0588. The molecule has 1 aliphatic carbocycles. The maximum atomic E-state index is 3.90. The Balaban J connectivity index is 2.67. The molecule has 0 aromatic heterocycles. The van der Waals surface area contributed by atoms with Crippen molar-refractivity contribution in [2.45, 2.75) is 6.42 Å². The third-order valence-electron chi connectivity index (χ3n) is 3.07. The van der Waals surface area contributed by atoms with Gasteiger partial charge in [0.2, 0.25) is 0 Å². The van der Waals surface area contributed by atoms with Crippen LogP contribution in [0.2, 0.25) is 0 Å². The smallest absolute Gasteiger partial charge is 0.00882 e. The first-order chi connectivity index (χ1) is 8.31. The summed E-state index contributed by atoms with van der Waals surface area (Å²) in [6, 6.07) is 6.23. The first kappa shape index (κ1) is 11.4. The Hall–Kier alpha value is -2.08. The van der Waals surface area contributed by atoms with Crippen LogP contribution in [0.4, 0.5) is 0 Å². The summed E-state index contributed by atoms with van der Waals surface area (Å²) in [5.74, 6) is 0. The van der Waals surface area contributed by atoms with Crippen LogP contribution < -0.4 is 0 Å². The first-order valence-corrected chi connectivity index (χ1v) is 5.72. The minimum Gasteiger partial charge on any atom is -0.0988 e. The van der Waals surface area contributed by atoms with Crippen molar-refractivity contribution in [3.63, 3.8) is 0 Å². The van der Waals surface area contributed by atoms with Crippen LogP contribution in [0, 0.1) is 0 Å². The lowest BCUT2D eigenvalue weighted by molar-refractivity contribution is 1.34. The van der Waals surface area contributed by atoms with Gasteiger partial charge in [-0.05, 0) is 34.3 Å². The van der Waals surface area contributed by atoms with E-state index >= 15 is 0 Å². The summed E-state index contributed by atoms with van der Waals surface area (Å²) in [5.41, 5.74) is 5.99. The van der Waals surface area contributed by atoms with Gasteiger partial charge in [0, 0.05) is 0 Å². The third-order valence-corrected chi connectivity index (χ3v) is 3.07. The Kier molecular flexibility index (Phi) is 3.24. The SMILES string of the molecule is C=CC1=C(c2cccc(C=C)c2C=C)C=CC1. The van der Waals surface area contributed by atoms with E-state index < -0.39 is 0 Å². The van der Waals surface area contributed by atoms with Crippen LogP contribution in [0.25, 0.3) is 17.7 Å². The summed E-state index contributed by atoms with van der Waals surface area (Å²) in [6.07, 6.45) is 11.0. The second-order valence-corrected chi connectivity index (χ2v) is 3.97. The number of benzene rings is 1. The molecule has 0 bridgehead atoms. The number of hydrogen-bond acceptors (Lipinski definition) is 0. The van der Waals surface area contributed by atoms with Crippen LogP contribution >= 0.6 is 0 Å². The predicted molar refractivity (Wildman–Crippen MR) is 77.5 cm³/mol. The molecule has 2 rings (SSSR count). The zero-order valence-corrected chi connectivity index (χ0v) is 9.95. The monoisotopic (exact) mass is 220 g/mol. The van der Waals surface area contributed by atoms with E-state index in [9.17, 15) is 0 Å². The van der Waals surface area contributed by atoms with Gasteiger partial charge in [-0.1, -0.05) is 68.3 Å². The quantitative estimate of drug-likeness (QED) is 0.679. The molecule has 0 saturated heterocycles. The highest BCUT2D eigenvalue weighted by Crippen LogP contribution is 2.32. The van der Waals surface area contributed by atoms with Crippen molar-refractivity contribution in [1.29, 1.82) is 0 Å². The van der Waals surface area contributed by atoms with Gasteiger partial charge >= 0.3 is 0 Å². The van der Waals surface area contributed by atoms with Crippen molar-refractivity contribution in [2.24, 2.45) is 0 Å². The molecule has 0 fully saturated rings. The van der Waals surface area contributed by atoms with E-state index in [2.05, 4.69) is 50.1 Å². The molecule has 0 amide bonds. The fourth-order valence-corrected chi connectivity index (χ4v) is 2.20. The topological polar surface area (TPSA) is 0 Å².